The second-order valence-corrected chi connectivity index (χ2v) is 9.06. The topological polar surface area (TPSA) is 55.2 Å². The van der Waals surface area contributed by atoms with Gasteiger partial charge in [0.1, 0.15) is 0 Å². The van der Waals surface area contributed by atoms with Crippen LogP contribution >= 0.6 is 11.8 Å². The zero-order valence-electron chi connectivity index (χ0n) is 18.1. The van der Waals surface area contributed by atoms with Crippen LogP contribution in [0.4, 0.5) is 11.4 Å². The third-order valence-corrected chi connectivity index (χ3v) is 6.86. The molecule has 0 amide bonds. The van der Waals surface area contributed by atoms with Gasteiger partial charge in [-0.05, 0) is 57.8 Å². The second kappa shape index (κ2) is 8.96. The summed E-state index contributed by atoms with van der Waals surface area (Å²) in [6, 6.07) is 32.0. The van der Waals surface area contributed by atoms with Crippen LogP contribution in [0, 0.1) is 17.0 Å². The Morgan fingerprint density at radius 1 is 0.788 bits per heavy atom. The fraction of sp³-hybridized carbons (Fsp3) is 0.0714. The Bertz CT molecular complexity index is 1440. The first-order valence-corrected chi connectivity index (χ1v) is 11.6. The van der Waals surface area contributed by atoms with Crippen molar-refractivity contribution in [3.63, 3.8) is 0 Å². The Kier molecular flexibility index (Phi) is 5.71. The molecule has 4 nitrogen and oxygen atoms in total. The van der Waals surface area contributed by atoms with Crippen molar-refractivity contribution < 1.29 is 4.92 Å². The van der Waals surface area contributed by atoms with E-state index in [1.54, 1.807) is 23.9 Å². The smallest absolute Gasteiger partial charge is 0.270 e. The number of aryl methyl sites for hydroxylation is 1. The van der Waals surface area contributed by atoms with Crippen molar-refractivity contribution in [2.45, 2.75) is 23.3 Å². The highest BCUT2D eigenvalue weighted by atomic mass is 32.2. The van der Waals surface area contributed by atoms with Gasteiger partial charge in [0.25, 0.3) is 5.69 Å². The summed E-state index contributed by atoms with van der Waals surface area (Å²) in [5, 5.41) is 19.5. The summed E-state index contributed by atoms with van der Waals surface area (Å²) < 4.78 is 0. The number of nitro benzene ring substituents is 1. The molecule has 0 aliphatic heterocycles. The maximum Gasteiger partial charge on any atom is 0.270 e. The molecule has 0 atom stereocenters. The SMILES string of the molecule is Cc1cccc(NCc2c3ccccc3c(Sc3cccc([N+](=O)[O-])c3)c3ccccc23)c1. The minimum Gasteiger partial charge on any atom is -0.381 e. The first kappa shape index (κ1) is 21.0. The molecule has 0 heterocycles. The van der Waals surface area contributed by atoms with Crippen molar-refractivity contribution in [1.82, 2.24) is 0 Å². The molecule has 0 saturated heterocycles. The van der Waals surface area contributed by atoms with Crippen molar-refractivity contribution in [1.29, 1.82) is 0 Å². The zero-order valence-corrected chi connectivity index (χ0v) is 18.9. The highest BCUT2D eigenvalue weighted by molar-refractivity contribution is 7.99. The van der Waals surface area contributed by atoms with Crippen molar-refractivity contribution in [3.05, 3.63) is 118 Å². The van der Waals surface area contributed by atoms with Crippen LogP contribution in [0.3, 0.4) is 0 Å². The van der Waals surface area contributed by atoms with E-state index >= 15 is 0 Å². The van der Waals surface area contributed by atoms with Crippen LogP contribution in [-0.2, 0) is 6.54 Å². The van der Waals surface area contributed by atoms with Crippen LogP contribution < -0.4 is 5.32 Å². The predicted octanol–water partition coefficient (Wildman–Crippen LogP) is 7.97. The monoisotopic (exact) mass is 450 g/mol. The van der Waals surface area contributed by atoms with Crippen LogP contribution in [0.5, 0.6) is 0 Å². The molecule has 33 heavy (non-hydrogen) atoms. The molecule has 0 aromatic heterocycles. The maximum absolute atomic E-state index is 11.3. The molecule has 5 heteroatoms. The van der Waals surface area contributed by atoms with Crippen LogP contribution in [-0.4, -0.2) is 4.92 Å². The number of nitrogens with one attached hydrogen (secondary N) is 1. The highest BCUT2D eigenvalue weighted by Crippen LogP contribution is 2.42. The van der Waals surface area contributed by atoms with Crippen LogP contribution in [0.25, 0.3) is 21.5 Å². The van der Waals surface area contributed by atoms with Gasteiger partial charge in [-0.15, -0.1) is 0 Å². The summed E-state index contributed by atoms with van der Waals surface area (Å²) in [7, 11) is 0. The average molecular weight is 451 g/mol. The van der Waals surface area contributed by atoms with Crippen molar-refractivity contribution in [2.24, 2.45) is 0 Å². The number of hydrogen-bond acceptors (Lipinski definition) is 4. The van der Waals surface area contributed by atoms with Gasteiger partial charge in [0, 0.05) is 34.2 Å². The van der Waals surface area contributed by atoms with Gasteiger partial charge in [0.2, 0.25) is 0 Å². The van der Waals surface area contributed by atoms with E-state index in [0.717, 1.165) is 26.3 Å². The van der Waals surface area contributed by atoms with Gasteiger partial charge < -0.3 is 5.32 Å². The van der Waals surface area contributed by atoms with E-state index < -0.39 is 0 Å². The Labute approximate surface area is 196 Å². The molecule has 1 N–H and O–H groups in total. The maximum atomic E-state index is 11.3. The minimum absolute atomic E-state index is 0.104. The first-order valence-electron chi connectivity index (χ1n) is 10.8. The van der Waals surface area contributed by atoms with E-state index in [-0.39, 0.29) is 10.6 Å². The molecule has 5 rings (SSSR count). The molecule has 0 spiro atoms. The summed E-state index contributed by atoms with van der Waals surface area (Å²) in [5.41, 5.74) is 3.66. The predicted molar refractivity (Wildman–Crippen MR) is 137 cm³/mol. The fourth-order valence-electron chi connectivity index (χ4n) is 4.20. The Morgan fingerprint density at radius 3 is 2.06 bits per heavy atom. The molecule has 5 aromatic rings. The molecule has 0 bridgehead atoms. The Balaban J connectivity index is 1.64. The lowest BCUT2D eigenvalue weighted by atomic mass is 9.96. The second-order valence-electron chi connectivity index (χ2n) is 7.98. The van der Waals surface area contributed by atoms with Gasteiger partial charge >= 0.3 is 0 Å². The standard InChI is InChI=1S/C28H22N2O2S/c1-19-8-6-9-20(16-19)29-18-27-23-12-2-4-14-25(23)28(26-15-5-3-13-24(26)27)33-22-11-7-10-21(17-22)30(31)32/h2-17,29H,18H2,1H3. The fourth-order valence-corrected chi connectivity index (χ4v) is 5.34. The summed E-state index contributed by atoms with van der Waals surface area (Å²) in [6.45, 7) is 2.79. The molecule has 5 aromatic carbocycles. The van der Waals surface area contributed by atoms with Gasteiger partial charge in [0.15, 0.2) is 0 Å². The summed E-state index contributed by atoms with van der Waals surface area (Å²) in [4.78, 5) is 12.9. The van der Waals surface area contributed by atoms with Gasteiger partial charge in [-0.2, -0.15) is 0 Å². The summed E-state index contributed by atoms with van der Waals surface area (Å²) in [6.07, 6.45) is 0. The van der Waals surface area contributed by atoms with Crippen molar-refractivity contribution in [2.75, 3.05) is 5.32 Å². The number of non-ortho nitro benzene ring substituents is 1. The van der Waals surface area contributed by atoms with Gasteiger partial charge in [0.05, 0.1) is 4.92 Å². The van der Waals surface area contributed by atoms with Crippen molar-refractivity contribution in [3.8, 4) is 0 Å². The quantitative estimate of drug-likeness (QED) is 0.162. The molecule has 0 unspecified atom stereocenters. The zero-order chi connectivity index (χ0) is 22.8. The third-order valence-electron chi connectivity index (χ3n) is 5.73. The first-order chi connectivity index (χ1) is 16.1. The molecule has 0 fully saturated rings. The molecule has 0 saturated carbocycles. The normalized spacial score (nSPS) is 11.1. The molecule has 162 valence electrons. The van der Waals surface area contributed by atoms with Crippen LogP contribution in [0.2, 0.25) is 0 Å². The number of benzene rings is 5. The van der Waals surface area contributed by atoms with E-state index in [1.165, 1.54) is 28.0 Å². The molecule has 0 radical (unpaired) electrons. The van der Waals surface area contributed by atoms with Gasteiger partial charge in [-0.1, -0.05) is 78.5 Å². The Hall–Kier alpha value is -3.83. The van der Waals surface area contributed by atoms with Gasteiger partial charge in [-0.3, -0.25) is 10.1 Å². The molecular formula is C28H22N2O2S. The van der Waals surface area contributed by atoms with E-state index in [0.29, 0.717) is 6.54 Å². The number of nitrogens with zero attached hydrogens (tertiary/aromatic N) is 1. The van der Waals surface area contributed by atoms with Gasteiger partial charge in [-0.25, -0.2) is 0 Å². The average Bonchev–Trinajstić information content (AvgIpc) is 2.84. The summed E-state index contributed by atoms with van der Waals surface area (Å²) >= 11 is 1.58. The number of fused-ring (bicyclic) bond motifs is 2. The number of hydrogen-bond donors (Lipinski definition) is 1. The van der Waals surface area contributed by atoms with E-state index in [4.69, 9.17) is 0 Å². The van der Waals surface area contributed by atoms with Crippen LogP contribution in [0.1, 0.15) is 11.1 Å². The number of rotatable bonds is 6. The van der Waals surface area contributed by atoms with E-state index in [1.807, 2.05) is 18.2 Å². The van der Waals surface area contributed by atoms with Crippen LogP contribution in [0.15, 0.2) is 107 Å². The lowest BCUT2D eigenvalue weighted by molar-refractivity contribution is -0.385. The molecule has 0 aliphatic rings. The molecule has 0 aliphatic carbocycles. The van der Waals surface area contributed by atoms with E-state index in [9.17, 15) is 10.1 Å². The lowest BCUT2D eigenvalue weighted by Crippen LogP contribution is -2.02. The lowest BCUT2D eigenvalue weighted by Gasteiger charge is -2.17. The third kappa shape index (κ3) is 4.28. The largest absolute Gasteiger partial charge is 0.381 e. The minimum atomic E-state index is -0.347. The molecular weight excluding hydrogens is 428 g/mol. The van der Waals surface area contributed by atoms with Crippen molar-refractivity contribution >= 4 is 44.7 Å². The summed E-state index contributed by atoms with van der Waals surface area (Å²) in [5.74, 6) is 0. The number of anilines is 1. The highest BCUT2D eigenvalue weighted by Gasteiger charge is 2.16. The van der Waals surface area contributed by atoms with E-state index in [2.05, 4.69) is 72.9 Å². The Morgan fingerprint density at radius 2 is 1.42 bits per heavy atom. The number of nitro groups is 1.